The van der Waals surface area contributed by atoms with Crippen LogP contribution in [0.25, 0.3) is 0 Å². The minimum Gasteiger partial charge on any atom is -0.414 e. The monoisotopic (exact) mass is 710 g/mol. The molecule has 1 fully saturated rings. The molecule has 1 heterocycles. The van der Waals surface area contributed by atoms with Gasteiger partial charge in [-0.15, -0.1) is 0 Å². The highest BCUT2D eigenvalue weighted by Gasteiger charge is 2.57. The molecule has 0 aromatic rings. The summed E-state index contributed by atoms with van der Waals surface area (Å²) in [7, 11) is -9.26. The van der Waals surface area contributed by atoms with Gasteiger partial charge in [-0.05, 0) is 72.5 Å². The minimum absolute atomic E-state index is 0.0175. The van der Waals surface area contributed by atoms with Crippen molar-refractivity contribution in [3.63, 3.8) is 0 Å². The van der Waals surface area contributed by atoms with Crippen LogP contribution in [0.2, 0.25) is 72.5 Å². The molecule has 0 amide bonds. The van der Waals surface area contributed by atoms with Gasteiger partial charge in [0, 0.05) is 0 Å². The SMILES string of the molecule is CC(C)(C)[Si](C)(C)OC[C@H]1O[C@@H](OC[C@@H](O)CO)[C@H](O[Si](C)(C)C(C)(C)C)[C@@H](O[Si](C)(C)C(C)(C)C)[C@@H]1O[Si](C)(C)C(C)(C)C. The normalized spacial score (nSPS) is 25.9. The van der Waals surface area contributed by atoms with Crippen LogP contribution in [0.4, 0.5) is 0 Å². The molecule has 45 heavy (non-hydrogen) atoms. The zero-order valence-electron chi connectivity index (χ0n) is 32.9. The van der Waals surface area contributed by atoms with E-state index in [-0.39, 0.29) is 26.8 Å². The Hall–Kier alpha value is 0.548. The summed E-state index contributed by atoms with van der Waals surface area (Å²) in [4.78, 5) is 0. The summed E-state index contributed by atoms with van der Waals surface area (Å²) in [5.74, 6) is 0. The number of ether oxygens (including phenoxy) is 2. The minimum atomic E-state index is -2.39. The molecule has 0 spiro atoms. The number of hydrogen-bond donors (Lipinski definition) is 2. The van der Waals surface area contributed by atoms with Crippen LogP contribution in [-0.4, -0.2) is 100 Å². The highest BCUT2D eigenvalue weighted by molar-refractivity contribution is 6.75. The van der Waals surface area contributed by atoms with E-state index >= 15 is 0 Å². The Morgan fingerprint density at radius 3 is 1.29 bits per heavy atom. The van der Waals surface area contributed by atoms with E-state index in [1.54, 1.807) is 0 Å². The van der Waals surface area contributed by atoms with Crippen LogP contribution in [0.1, 0.15) is 83.1 Å². The smallest absolute Gasteiger partial charge is 0.192 e. The third kappa shape index (κ3) is 11.3. The van der Waals surface area contributed by atoms with Crippen LogP contribution in [0, 0.1) is 0 Å². The summed E-state index contributed by atoms with van der Waals surface area (Å²) < 4.78 is 42.0. The lowest BCUT2D eigenvalue weighted by Gasteiger charge is -2.54. The second kappa shape index (κ2) is 14.8. The largest absolute Gasteiger partial charge is 0.414 e. The zero-order chi connectivity index (χ0) is 35.8. The van der Waals surface area contributed by atoms with Gasteiger partial charge in [-0.1, -0.05) is 83.1 Å². The van der Waals surface area contributed by atoms with Crippen LogP contribution < -0.4 is 0 Å². The molecule has 270 valence electrons. The van der Waals surface area contributed by atoms with Crippen molar-refractivity contribution < 1.29 is 37.4 Å². The van der Waals surface area contributed by atoms with E-state index in [0.29, 0.717) is 6.61 Å². The van der Waals surface area contributed by atoms with Crippen LogP contribution in [0.3, 0.4) is 0 Å². The van der Waals surface area contributed by atoms with Gasteiger partial charge in [0.15, 0.2) is 39.6 Å². The van der Waals surface area contributed by atoms with Crippen LogP contribution >= 0.6 is 0 Å². The number of hydrogen-bond acceptors (Lipinski definition) is 8. The molecule has 0 radical (unpaired) electrons. The fraction of sp³-hybridized carbons (Fsp3) is 1.00. The van der Waals surface area contributed by atoms with Crippen LogP contribution in [-0.2, 0) is 27.2 Å². The summed E-state index contributed by atoms with van der Waals surface area (Å²) >= 11 is 0. The fourth-order valence-electron chi connectivity index (χ4n) is 3.87. The lowest BCUT2D eigenvalue weighted by atomic mass is 9.99. The van der Waals surface area contributed by atoms with Gasteiger partial charge in [0.1, 0.15) is 30.5 Å². The van der Waals surface area contributed by atoms with E-state index in [0.717, 1.165) is 0 Å². The third-order valence-corrected chi connectivity index (χ3v) is 29.3. The maximum absolute atomic E-state index is 10.3. The van der Waals surface area contributed by atoms with E-state index in [2.05, 4.69) is 135 Å². The van der Waals surface area contributed by atoms with E-state index in [1.165, 1.54) is 0 Å². The van der Waals surface area contributed by atoms with E-state index in [9.17, 15) is 10.2 Å². The van der Waals surface area contributed by atoms with Crippen molar-refractivity contribution in [3.05, 3.63) is 0 Å². The van der Waals surface area contributed by atoms with Gasteiger partial charge in [0.05, 0.1) is 19.8 Å². The van der Waals surface area contributed by atoms with Gasteiger partial charge < -0.3 is 37.4 Å². The van der Waals surface area contributed by atoms with E-state index in [4.69, 9.17) is 27.2 Å². The first kappa shape index (κ1) is 43.6. The topological polar surface area (TPSA) is 95.8 Å². The van der Waals surface area contributed by atoms with Gasteiger partial charge >= 0.3 is 0 Å². The summed E-state index contributed by atoms with van der Waals surface area (Å²) in [6.07, 6.45) is -3.93. The number of rotatable bonds is 13. The average Bonchev–Trinajstić information content (AvgIpc) is 2.81. The van der Waals surface area contributed by atoms with Crippen molar-refractivity contribution in [2.75, 3.05) is 19.8 Å². The van der Waals surface area contributed by atoms with Gasteiger partial charge in [0.25, 0.3) is 0 Å². The summed E-state index contributed by atoms with van der Waals surface area (Å²) in [5.41, 5.74) is 0. The van der Waals surface area contributed by atoms with Gasteiger partial charge in [-0.25, -0.2) is 0 Å². The van der Waals surface area contributed by atoms with E-state index in [1.807, 2.05) is 0 Å². The van der Waals surface area contributed by atoms with Crippen molar-refractivity contribution in [3.8, 4) is 0 Å². The first-order valence-corrected chi connectivity index (χ1v) is 28.6. The first-order valence-electron chi connectivity index (χ1n) is 16.9. The van der Waals surface area contributed by atoms with Crippen molar-refractivity contribution in [1.82, 2.24) is 0 Å². The lowest BCUT2D eigenvalue weighted by molar-refractivity contribution is -0.295. The second-order valence-corrected chi connectivity index (χ2v) is 38.4. The van der Waals surface area contributed by atoms with Crippen molar-refractivity contribution in [1.29, 1.82) is 0 Å². The Bertz CT molecular complexity index is 929. The fourth-order valence-corrected chi connectivity index (χ4v) is 8.78. The third-order valence-electron chi connectivity index (χ3n) is 11.4. The molecule has 0 aromatic carbocycles. The number of aliphatic hydroxyl groups excluding tert-OH is 2. The van der Waals surface area contributed by atoms with Crippen molar-refractivity contribution in [2.24, 2.45) is 0 Å². The molecule has 1 aliphatic rings. The highest BCUT2D eigenvalue weighted by atomic mass is 28.4. The highest BCUT2D eigenvalue weighted by Crippen LogP contribution is 2.46. The Balaban J connectivity index is 3.97. The van der Waals surface area contributed by atoms with Gasteiger partial charge in [0.2, 0.25) is 0 Å². The molecule has 0 saturated carbocycles. The van der Waals surface area contributed by atoms with Gasteiger partial charge in [-0.2, -0.15) is 0 Å². The molecule has 0 bridgehead atoms. The first-order chi connectivity index (χ1) is 19.7. The lowest BCUT2D eigenvalue weighted by Crippen LogP contribution is -2.68. The van der Waals surface area contributed by atoms with E-state index < -0.39 is 76.7 Å². The number of aliphatic hydroxyl groups is 2. The Morgan fingerprint density at radius 1 is 0.578 bits per heavy atom. The molecular weight excluding hydrogens is 637 g/mol. The molecule has 0 aliphatic carbocycles. The second-order valence-electron chi connectivity index (χ2n) is 19.3. The van der Waals surface area contributed by atoms with Crippen molar-refractivity contribution >= 4 is 33.3 Å². The molecule has 8 nitrogen and oxygen atoms in total. The zero-order valence-corrected chi connectivity index (χ0v) is 36.9. The molecule has 1 aliphatic heterocycles. The van der Waals surface area contributed by atoms with Gasteiger partial charge in [-0.3, -0.25) is 0 Å². The molecule has 1 rings (SSSR count). The van der Waals surface area contributed by atoms with Crippen LogP contribution in [0.15, 0.2) is 0 Å². The summed E-state index contributed by atoms with van der Waals surface area (Å²) in [5, 5.41) is 19.8. The molecule has 0 aromatic heterocycles. The molecule has 2 N–H and O–H groups in total. The Morgan fingerprint density at radius 2 is 0.933 bits per heavy atom. The average molecular weight is 711 g/mol. The molecule has 12 heteroatoms. The molecule has 0 unspecified atom stereocenters. The Kier molecular flexibility index (Phi) is 14.3. The maximum atomic E-state index is 10.3. The standard InChI is InChI=1S/C33H74O8Si4/c1-30(2,3)42(13,14)37-23-25-26(39-43(15,16)31(4,5)6)27(40-44(17,18)32(7,8)9)28(41-45(19,20)33(10,11)12)29(38-25)36-22-24(35)21-34/h24-29,34-35H,21-23H2,1-20H3/t24-,25+,26+,27-,28+,29+/m0/s1. The van der Waals surface area contributed by atoms with Crippen molar-refractivity contribution in [2.45, 2.75) is 192 Å². The summed E-state index contributed by atoms with van der Waals surface area (Å²) in [6, 6.07) is 0. The Labute approximate surface area is 282 Å². The maximum Gasteiger partial charge on any atom is 0.192 e. The predicted octanol–water partition coefficient (Wildman–Crippen LogP) is 8.27. The molecule has 6 atom stereocenters. The summed E-state index contributed by atoms with van der Waals surface area (Å²) in [6.45, 7) is 44.7. The molecular formula is C33H74O8Si4. The predicted molar refractivity (Wildman–Crippen MR) is 197 cm³/mol. The quantitative estimate of drug-likeness (QED) is 0.185. The van der Waals surface area contributed by atoms with Crippen LogP contribution in [0.5, 0.6) is 0 Å². The molecule has 1 saturated heterocycles.